The molecule has 0 radical (unpaired) electrons. The van der Waals surface area contributed by atoms with E-state index in [1.54, 1.807) is 37.3 Å². The number of benzene rings is 2. The highest BCUT2D eigenvalue weighted by atomic mass is 32.2. The van der Waals surface area contributed by atoms with Crippen molar-refractivity contribution < 1.29 is 27.1 Å². The largest absolute Gasteiger partial charge is 0.454 e. The molecule has 0 amide bonds. The molecule has 0 atom stereocenters. The number of esters is 1. The maximum Gasteiger partial charge on any atom is 0.340 e. The number of ether oxygens (including phenoxy) is 1. The molecule has 0 saturated heterocycles. The van der Waals surface area contributed by atoms with Crippen LogP contribution in [0.2, 0.25) is 0 Å². The van der Waals surface area contributed by atoms with Gasteiger partial charge in [0.1, 0.15) is 5.82 Å². The van der Waals surface area contributed by atoms with Crippen LogP contribution in [0, 0.1) is 19.7 Å². The van der Waals surface area contributed by atoms with Crippen LogP contribution in [0.25, 0.3) is 0 Å². The molecule has 2 aromatic carbocycles. The number of Topliss-reactive ketones (excluding diaryl/α,β-unsaturated/α-hetero) is 1. The van der Waals surface area contributed by atoms with E-state index in [2.05, 4.69) is 4.72 Å². The number of anilines is 1. The zero-order valence-corrected chi connectivity index (χ0v) is 18.7. The van der Waals surface area contributed by atoms with Crippen molar-refractivity contribution in [1.82, 2.24) is 4.57 Å². The van der Waals surface area contributed by atoms with E-state index in [4.69, 9.17) is 4.74 Å². The number of carbonyl (C=O) groups is 2. The fraction of sp³-hybridized carbons (Fsp3) is 0.217. The third-order valence-corrected chi connectivity index (χ3v) is 5.50. The zero-order valence-electron chi connectivity index (χ0n) is 17.9. The van der Waals surface area contributed by atoms with Crippen LogP contribution >= 0.6 is 0 Å². The molecule has 0 aliphatic rings. The van der Waals surface area contributed by atoms with Crippen molar-refractivity contribution >= 4 is 27.5 Å². The van der Waals surface area contributed by atoms with Gasteiger partial charge in [0.15, 0.2) is 6.61 Å². The van der Waals surface area contributed by atoms with Crippen LogP contribution in [0.15, 0.2) is 54.6 Å². The quantitative estimate of drug-likeness (QED) is 0.410. The van der Waals surface area contributed by atoms with Gasteiger partial charge in [-0.2, -0.15) is 0 Å². The fourth-order valence-corrected chi connectivity index (χ4v) is 3.91. The monoisotopic (exact) mass is 458 g/mol. The molecule has 0 aliphatic carbocycles. The summed E-state index contributed by atoms with van der Waals surface area (Å²) in [7, 11) is -3.59. The second kappa shape index (κ2) is 9.35. The van der Waals surface area contributed by atoms with Crippen molar-refractivity contribution in [3.8, 4) is 0 Å². The lowest BCUT2D eigenvalue weighted by molar-refractivity contribution is 0.0475. The highest BCUT2D eigenvalue weighted by molar-refractivity contribution is 7.92. The summed E-state index contributed by atoms with van der Waals surface area (Å²) >= 11 is 0. The summed E-state index contributed by atoms with van der Waals surface area (Å²) in [5.41, 5.74) is 2.92. The van der Waals surface area contributed by atoms with E-state index in [9.17, 15) is 22.4 Å². The summed E-state index contributed by atoms with van der Waals surface area (Å²) in [6.45, 7) is 3.62. The standard InChI is InChI=1S/C23H23FN2O5S/c1-15-12-20(16(2)26(15)13-17-8-10-18(24)11-9-17)22(27)14-31-23(28)19-6-4-5-7-21(19)25-32(3,29)30/h4-12,25H,13-14H2,1-3H3. The SMILES string of the molecule is Cc1cc(C(=O)COC(=O)c2ccccc2NS(C)(=O)=O)c(C)n1Cc1ccc(F)cc1. The minimum absolute atomic E-state index is 0.00695. The second-order valence-corrected chi connectivity index (χ2v) is 9.16. The molecule has 3 aromatic rings. The van der Waals surface area contributed by atoms with E-state index in [0.717, 1.165) is 17.5 Å². The number of carbonyl (C=O) groups excluding carboxylic acids is 2. The first-order chi connectivity index (χ1) is 15.0. The minimum Gasteiger partial charge on any atom is -0.454 e. The van der Waals surface area contributed by atoms with Crippen molar-refractivity contribution in [3.63, 3.8) is 0 Å². The molecule has 1 aromatic heterocycles. The maximum atomic E-state index is 13.1. The Morgan fingerprint density at radius 3 is 2.34 bits per heavy atom. The first-order valence-corrected chi connectivity index (χ1v) is 11.6. The lowest BCUT2D eigenvalue weighted by Gasteiger charge is -2.11. The molecule has 168 valence electrons. The van der Waals surface area contributed by atoms with Crippen molar-refractivity contribution in [2.45, 2.75) is 20.4 Å². The van der Waals surface area contributed by atoms with Gasteiger partial charge in [0.25, 0.3) is 0 Å². The smallest absolute Gasteiger partial charge is 0.340 e. The van der Waals surface area contributed by atoms with Crippen LogP contribution in [0.5, 0.6) is 0 Å². The molecule has 0 aliphatic heterocycles. The van der Waals surface area contributed by atoms with Crippen LogP contribution in [-0.4, -0.2) is 37.6 Å². The Morgan fingerprint density at radius 1 is 1.03 bits per heavy atom. The molecule has 0 spiro atoms. The van der Waals surface area contributed by atoms with Crippen molar-refractivity contribution in [3.05, 3.63) is 88.5 Å². The van der Waals surface area contributed by atoms with Crippen LogP contribution < -0.4 is 4.72 Å². The summed E-state index contributed by atoms with van der Waals surface area (Å²) in [5, 5.41) is 0. The third-order valence-electron chi connectivity index (χ3n) is 4.90. The number of aryl methyl sites for hydroxylation is 1. The molecule has 7 nitrogen and oxygen atoms in total. The summed E-state index contributed by atoms with van der Waals surface area (Å²) in [6.07, 6.45) is 0.973. The van der Waals surface area contributed by atoms with Gasteiger partial charge in [-0.1, -0.05) is 24.3 Å². The van der Waals surface area contributed by atoms with Gasteiger partial charge in [0.2, 0.25) is 15.8 Å². The number of sulfonamides is 1. The second-order valence-electron chi connectivity index (χ2n) is 7.42. The highest BCUT2D eigenvalue weighted by Gasteiger charge is 2.20. The van der Waals surface area contributed by atoms with Gasteiger partial charge in [0.05, 0.1) is 17.5 Å². The van der Waals surface area contributed by atoms with Gasteiger partial charge in [-0.05, 0) is 49.7 Å². The predicted molar refractivity (Wildman–Crippen MR) is 119 cm³/mol. The Labute approximate surface area is 185 Å². The third kappa shape index (κ3) is 5.61. The average Bonchev–Trinajstić information content (AvgIpc) is 3.01. The first-order valence-electron chi connectivity index (χ1n) is 9.73. The Balaban J connectivity index is 1.72. The van der Waals surface area contributed by atoms with E-state index in [1.165, 1.54) is 24.3 Å². The predicted octanol–water partition coefficient (Wildman–Crippen LogP) is 3.70. The first kappa shape index (κ1) is 23.2. The molecule has 0 unspecified atom stereocenters. The molecule has 0 bridgehead atoms. The van der Waals surface area contributed by atoms with Crippen molar-refractivity contribution in [1.29, 1.82) is 0 Å². The molecule has 1 N–H and O–H groups in total. The topological polar surface area (TPSA) is 94.5 Å². The number of nitrogens with one attached hydrogen (secondary N) is 1. The van der Waals surface area contributed by atoms with Gasteiger partial charge < -0.3 is 9.30 Å². The van der Waals surface area contributed by atoms with Crippen LogP contribution in [-0.2, 0) is 21.3 Å². The number of halogens is 1. The highest BCUT2D eigenvalue weighted by Crippen LogP contribution is 2.20. The molecule has 9 heteroatoms. The molecular formula is C23H23FN2O5S. The number of aromatic nitrogens is 1. The van der Waals surface area contributed by atoms with E-state index in [1.807, 2.05) is 11.5 Å². The molecule has 0 saturated carbocycles. The lowest BCUT2D eigenvalue weighted by atomic mass is 10.1. The number of rotatable bonds is 8. The molecular weight excluding hydrogens is 435 g/mol. The number of ketones is 1. The van der Waals surface area contributed by atoms with Crippen molar-refractivity contribution in [2.24, 2.45) is 0 Å². The van der Waals surface area contributed by atoms with Gasteiger partial charge in [-0.25, -0.2) is 17.6 Å². The average molecular weight is 459 g/mol. The van der Waals surface area contributed by atoms with Gasteiger partial charge in [-0.3, -0.25) is 9.52 Å². The van der Waals surface area contributed by atoms with Gasteiger partial charge in [0, 0.05) is 23.5 Å². The van der Waals surface area contributed by atoms with E-state index in [0.29, 0.717) is 17.8 Å². The normalized spacial score (nSPS) is 11.2. The van der Waals surface area contributed by atoms with Crippen LogP contribution in [0.4, 0.5) is 10.1 Å². The van der Waals surface area contributed by atoms with Crippen LogP contribution in [0.1, 0.15) is 37.7 Å². The Kier molecular flexibility index (Phi) is 6.78. The molecule has 32 heavy (non-hydrogen) atoms. The summed E-state index contributed by atoms with van der Waals surface area (Å²) < 4.78 is 45.5. The Hall–Kier alpha value is -3.46. The number of hydrogen-bond donors (Lipinski definition) is 1. The fourth-order valence-electron chi connectivity index (χ4n) is 3.34. The van der Waals surface area contributed by atoms with Gasteiger partial charge in [-0.15, -0.1) is 0 Å². The summed E-state index contributed by atoms with van der Waals surface area (Å²) in [5.74, 6) is -1.52. The summed E-state index contributed by atoms with van der Waals surface area (Å²) in [4.78, 5) is 25.2. The number of para-hydroxylation sites is 1. The molecule has 0 fully saturated rings. The van der Waals surface area contributed by atoms with Gasteiger partial charge >= 0.3 is 5.97 Å². The van der Waals surface area contributed by atoms with Crippen molar-refractivity contribution in [2.75, 3.05) is 17.6 Å². The van der Waals surface area contributed by atoms with E-state index in [-0.39, 0.29) is 22.9 Å². The maximum absolute atomic E-state index is 13.1. The van der Waals surface area contributed by atoms with Crippen LogP contribution in [0.3, 0.4) is 0 Å². The minimum atomic E-state index is -3.59. The Morgan fingerprint density at radius 2 is 1.69 bits per heavy atom. The Bertz CT molecular complexity index is 1260. The zero-order chi connectivity index (χ0) is 23.5. The molecule has 3 rings (SSSR count). The lowest BCUT2D eigenvalue weighted by Crippen LogP contribution is -2.18. The summed E-state index contributed by atoms with van der Waals surface area (Å²) in [6, 6.07) is 13.8. The molecule has 1 heterocycles. The van der Waals surface area contributed by atoms with E-state index >= 15 is 0 Å². The van der Waals surface area contributed by atoms with E-state index < -0.39 is 22.6 Å². The number of nitrogens with zero attached hydrogens (tertiary/aromatic N) is 1. The number of hydrogen-bond acceptors (Lipinski definition) is 5.